The molecule has 0 atom stereocenters. The predicted octanol–water partition coefficient (Wildman–Crippen LogP) is 3.21. The van der Waals surface area contributed by atoms with Crippen LogP contribution in [0.25, 0.3) is 16.8 Å². The quantitative estimate of drug-likeness (QED) is 0.291. The number of urea groups is 1. The fourth-order valence-electron chi connectivity index (χ4n) is 3.66. The molecule has 4 rings (SSSR count). The molecule has 0 radical (unpaired) electrons. The minimum absolute atomic E-state index is 0.0754. The van der Waals surface area contributed by atoms with Crippen molar-refractivity contribution in [3.63, 3.8) is 0 Å². The largest absolute Gasteiger partial charge is 0.497 e. The number of carbonyl (C=O) groups is 3. The lowest BCUT2D eigenvalue weighted by Gasteiger charge is -2.09. The van der Waals surface area contributed by atoms with Crippen LogP contribution < -0.4 is 26.8 Å². The Bertz CT molecular complexity index is 1480. The summed E-state index contributed by atoms with van der Waals surface area (Å²) < 4.78 is 21.3. The molecule has 188 valence electrons. The highest BCUT2D eigenvalue weighted by molar-refractivity contribution is 6.00. The molecule has 0 aliphatic rings. The monoisotopic (exact) mass is 502 g/mol. The third-order valence-corrected chi connectivity index (χ3v) is 5.47. The second-order valence-corrected chi connectivity index (χ2v) is 7.97. The minimum atomic E-state index is -0.864. The van der Waals surface area contributed by atoms with E-state index in [0.29, 0.717) is 22.6 Å². The van der Waals surface area contributed by atoms with Gasteiger partial charge in [0.15, 0.2) is 5.69 Å². The number of methoxy groups -OCH3 is 1. The molecule has 3 aromatic carbocycles. The molecular weight excluding hydrogens is 479 g/mol. The number of amides is 4. The topological polar surface area (TPSA) is 154 Å². The smallest absolute Gasteiger partial charge is 0.316 e. The summed E-state index contributed by atoms with van der Waals surface area (Å²) in [7, 11) is 1.55. The van der Waals surface area contributed by atoms with Crippen LogP contribution >= 0.6 is 0 Å². The zero-order chi connectivity index (χ0) is 26.5. The van der Waals surface area contributed by atoms with Crippen LogP contribution in [0.4, 0.5) is 14.9 Å². The number of rotatable bonds is 8. The number of carbonyl (C=O) groups excluding carboxylic acids is 3. The van der Waals surface area contributed by atoms with E-state index in [4.69, 9.17) is 16.2 Å². The Kier molecular flexibility index (Phi) is 7.14. The molecule has 6 N–H and O–H groups in total. The fourth-order valence-corrected chi connectivity index (χ4v) is 3.66. The summed E-state index contributed by atoms with van der Waals surface area (Å²) in [5, 5.41) is 9.10. The number of benzene rings is 3. The third kappa shape index (κ3) is 5.73. The molecule has 4 amide bonds. The van der Waals surface area contributed by atoms with E-state index >= 15 is 0 Å². The van der Waals surface area contributed by atoms with E-state index < -0.39 is 23.7 Å². The van der Waals surface area contributed by atoms with E-state index in [0.717, 1.165) is 5.56 Å². The molecule has 0 saturated carbocycles. The SMILES string of the molecule is COc1cccc(CNC(=O)c2ccc(-c3ccc(-n4cc(NC(N)=O)c(C(N)=O)n4)cc3)cc2F)c1. The van der Waals surface area contributed by atoms with Crippen molar-refractivity contribution in [1.82, 2.24) is 15.1 Å². The Balaban J connectivity index is 1.49. The van der Waals surface area contributed by atoms with E-state index in [9.17, 15) is 18.8 Å². The van der Waals surface area contributed by atoms with Gasteiger partial charge in [-0.1, -0.05) is 30.3 Å². The van der Waals surface area contributed by atoms with Crippen LogP contribution in [0.3, 0.4) is 0 Å². The summed E-state index contributed by atoms with van der Waals surface area (Å²) in [6, 6.07) is 17.5. The van der Waals surface area contributed by atoms with Gasteiger partial charge in [-0.25, -0.2) is 13.9 Å². The molecule has 10 nitrogen and oxygen atoms in total. The fraction of sp³-hybridized carbons (Fsp3) is 0.0769. The Labute approximate surface area is 211 Å². The number of anilines is 1. The highest BCUT2D eigenvalue weighted by Crippen LogP contribution is 2.25. The maximum Gasteiger partial charge on any atom is 0.316 e. The molecule has 0 bridgehead atoms. The number of ether oxygens (including phenoxy) is 1. The third-order valence-electron chi connectivity index (χ3n) is 5.47. The van der Waals surface area contributed by atoms with Gasteiger partial charge in [0.1, 0.15) is 11.6 Å². The Hall–Kier alpha value is -5.19. The van der Waals surface area contributed by atoms with Gasteiger partial charge in [-0.05, 0) is 53.1 Å². The molecule has 0 aliphatic heterocycles. The maximum absolute atomic E-state index is 14.8. The molecule has 0 fully saturated rings. The Morgan fingerprint density at radius 2 is 1.73 bits per heavy atom. The van der Waals surface area contributed by atoms with Gasteiger partial charge in [0.05, 0.1) is 30.2 Å². The average molecular weight is 503 g/mol. The summed E-state index contributed by atoms with van der Waals surface area (Å²) in [4.78, 5) is 35.3. The van der Waals surface area contributed by atoms with Crippen LogP contribution in [0.1, 0.15) is 26.4 Å². The van der Waals surface area contributed by atoms with Gasteiger partial charge in [-0.2, -0.15) is 5.10 Å². The first kappa shape index (κ1) is 24.9. The number of hydrogen-bond donors (Lipinski definition) is 4. The van der Waals surface area contributed by atoms with Gasteiger partial charge < -0.3 is 26.8 Å². The summed E-state index contributed by atoms with van der Waals surface area (Å²) in [5.41, 5.74) is 12.9. The standard InChI is InChI=1S/C26H23FN6O4/c1-37-19-4-2-3-15(11-19)13-30-25(35)20-10-7-17(12-21(20)27)16-5-8-18(9-6-16)33-14-22(31-26(29)36)23(32-33)24(28)34/h2-12,14H,13H2,1H3,(H2,28,34)(H,30,35)(H3,29,31,36). The molecule has 1 heterocycles. The summed E-state index contributed by atoms with van der Waals surface area (Å²) in [5.74, 6) is -1.37. The molecule has 11 heteroatoms. The van der Waals surface area contributed by atoms with Crippen molar-refractivity contribution < 1.29 is 23.5 Å². The first-order chi connectivity index (χ1) is 17.7. The van der Waals surface area contributed by atoms with Gasteiger partial charge >= 0.3 is 6.03 Å². The zero-order valence-corrected chi connectivity index (χ0v) is 19.7. The van der Waals surface area contributed by atoms with E-state index in [-0.39, 0.29) is 23.5 Å². The summed E-state index contributed by atoms with van der Waals surface area (Å²) >= 11 is 0. The molecule has 4 aromatic rings. The first-order valence-electron chi connectivity index (χ1n) is 11.0. The van der Waals surface area contributed by atoms with E-state index in [1.165, 1.54) is 23.0 Å². The van der Waals surface area contributed by atoms with Crippen molar-refractivity contribution in [2.45, 2.75) is 6.54 Å². The second kappa shape index (κ2) is 10.6. The van der Waals surface area contributed by atoms with E-state index in [1.54, 1.807) is 55.6 Å². The first-order valence-corrected chi connectivity index (χ1v) is 11.0. The van der Waals surface area contributed by atoms with Crippen LogP contribution in [0, 0.1) is 5.82 Å². The number of aromatic nitrogens is 2. The number of hydrogen-bond acceptors (Lipinski definition) is 5. The van der Waals surface area contributed by atoms with Crippen molar-refractivity contribution in [3.8, 4) is 22.6 Å². The van der Waals surface area contributed by atoms with E-state index in [2.05, 4.69) is 15.7 Å². The summed E-state index contributed by atoms with van der Waals surface area (Å²) in [6.45, 7) is 0.222. The summed E-state index contributed by atoms with van der Waals surface area (Å²) in [6.07, 6.45) is 1.40. The normalized spacial score (nSPS) is 10.5. The lowest BCUT2D eigenvalue weighted by atomic mass is 10.0. The van der Waals surface area contributed by atoms with Crippen molar-refractivity contribution >= 4 is 23.5 Å². The van der Waals surface area contributed by atoms with Gasteiger partial charge in [0.2, 0.25) is 0 Å². The van der Waals surface area contributed by atoms with Gasteiger partial charge in [-0.3, -0.25) is 9.59 Å². The van der Waals surface area contributed by atoms with Gasteiger partial charge in [-0.15, -0.1) is 0 Å². The molecule has 37 heavy (non-hydrogen) atoms. The molecule has 0 saturated heterocycles. The van der Waals surface area contributed by atoms with Crippen molar-refractivity contribution in [1.29, 1.82) is 0 Å². The van der Waals surface area contributed by atoms with Crippen molar-refractivity contribution in [2.24, 2.45) is 11.5 Å². The number of nitrogens with one attached hydrogen (secondary N) is 2. The molecule has 0 unspecified atom stereocenters. The number of halogens is 1. The van der Waals surface area contributed by atoms with Crippen LogP contribution in [0.2, 0.25) is 0 Å². The van der Waals surface area contributed by atoms with Crippen LogP contribution in [0.15, 0.2) is 72.9 Å². The lowest BCUT2D eigenvalue weighted by Crippen LogP contribution is -2.23. The van der Waals surface area contributed by atoms with Crippen molar-refractivity contribution in [2.75, 3.05) is 12.4 Å². The van der Waals surface area contributed by atoms with Crippen LogP contribution in [-0.2, 0) is 6.54 Å². The highest BCUT2D eigenvalue weighted by atomic mass is 19.1. The Morgan fingerprint density at radius 1 is 1.00 bits per heavy atom. The van der Waals surface area contributed by atoms with Gasteiger partial charge in [0, 0.05) is 6.54 Å². The van der Waals surface area contributed by atoms with Crippen molar-refractivity contribution in [3.05, 3.63) is 95.6 Å². The minimum Gasteiger partial charge on any atom is -0.497 e. The maximum atomic E-state index is 14.8. The van der Waals surface area contributed by atoms with Gasteiger partial charge in [0.25, 0.3) is 11.8 Å². The van der Waals surface area contributed by atoms with Crippen LogP contribution in [0.5, 0.6) is 5.75 Å². The Morgan fingerprint density at radius 3 is 2.38 bits per heavy atom. The number of primary amides is 2. The average Bonchev–Trinajstić information content (AvgIpc) is 3.31. The molecule has 0 aliphatic carbocycles. The number of nitrogens with two attached hydrogens (primary N) is 2. The van der Waals surface area contributed by atoms with Crippen LogP contribution in [-0.4, -0.2) is 34.7 Å². The zero-order valence-electron chi connectivity index (χ0n) is 19.7. The second-order valence-electron chi connectivity index (χ2n) is 7.97. The lowest BCUT2D eigenvalue weighted by molar-refractivity contribution is 0.0945. The molecule has 1 aromatic heterocycles. The number of nitrogens with zero attached hydrogens (tertiary/aromatic N) is 2. The highest BCUT2D eigenvalue weighted by Gasteiger charge is 2.17. The van der Waals surface area contributed by atoms with E-state index in [1.807, 2.05) is 6.07 Å². The molecule has 0 spiro atoms. The predicted molar refractivity (Wildman–Crippen MR) is 135 cm³/mol. The molecular formula is C26H23FN6O4.